The van der Waals surface area contributed by atoms with E-state index < -0.39 is 52.4 Å². The summed E-state index contributed by atoms with van der Waals surface area (Å²) in [4.78, 5) is 18.2. The van der Waals surface area contributed by atoms with Gasteiger partial charge in [-0.25, -0.2) is 0 Å². The molecule has 1 aliphatic heterocycles. The molecule has 2 fully saturated rings. The van der Waals surface area contributed by atoms with Crippen LogP contribution >= 0.6 is 11.6 Å². The average Bonchev–Trinajstić information content (AvgIpc) is 3.02. The van der Waals surface area contributed by atoms with E-state index in [4.69, 9.17) is 22.4 Å². The van der Waals surface area contributed by atoms with Gasteiger partial charge in [0, 0.05) is 55.5 Å². The summed E-state index contributed by atoms with van der Waals surface area (Å²) < 4.78 is 80.5. The van der Waals surface area contributed by atoms with Crippen molar-refractivity contribution in [1.29, 1.82) is 10.8 Å². The summed E-state index contributed by atoms with van der Waals surface area (Å²) >= 11 is 6.37. The van der Waals surface area contributed by atoms with Crippen molar-refractivity contribution in [3.8, 4) is 0 Å². The highest BCUT2D eigenvalue weighted by Gasteiger charge is 2.38. The topological polar surface area (TPSA) is 71.2 Å². The van der Waals surface area contributed by atoms with Gasteiger partial charge in [0.1, 0.15) is 0 Å². The SMILES string of the molecule is N=CCC[C@](CCN1CCN(C2CCCCC2)CC1)(CC(=N)C(=O)Cc1cc(C(F)(F)F)cc(C(F)(F)F)c1)c1cccc(Cl)c1. The number of nitrogens with zero attached hydrogens (tertiary/aromatic N) is 2. The summed E-state index contributed by atoms with van der Waals surface area (Å²) in [6.45, 7) is 4.33. The zero-order chi connectivity index (χ0) is 33.5. The number of alkyl halides is 6. The van der Waals surface area contributed by atoms with Gasteiger partial charge in [-0.05, 0) is 86.3 Å². The van der Waals surface area contributed by atoms with E-state index in [1.807, 2.05) is 6.07 Å². The normalized spacial score (nSPS) is 18.7. The molecule has 1 heterocycles. The van der Waals surface area contributed by atoms with Crippen molar-refractivity contribution >= 4 is 29.3 Å². The number of carbonyl (C=O) groups is 1. The van der Waals surface area contributed by atoms with Gasteiger partial charge in [0.05, 0.1) is 16.8 Å². The average molecular weight is 671 g/mol. The van der Waals surface area contributed by atoms with Crippen LogP contribution in [0.2, 0.25) is 5.02 Å². The van der Waals surface area contributed by atoms with Gasteiger partial charge in [0.2, 0.25) is 0 Å². The Morgan fingerprint density at radius 3 is 2.07 bits per heavy atom. The van der Waals surface area contributed by atoms with Crippen LogP contribution in [0, 0.1) is 10.8 Å². The maximum Gasteiger partial charge on any atom is 0.416 e. The summed E-state index contributed by atoms with van der Waals surface area (Å²) in [5.41, 5.74) is -3.88. The first kappa shape index (κ1) is 36.1. The van der Waals surface area contributed by atoms with Crippen LogP contribution in [-0.2, 0) is 29.0 Å². The third-order valence-electron chi connectivity index (χ3n) is 9.47. The van der Waals surface area contributed by atoms with Crippen molar-refractivity contribution in [2.75, 3.05) is 32.7 Å². The molecule has 0 amide bonds. The first-order valence-corrected chi connectivity index (χ1v) is 16.2. The zero-order valence-corrected chi connectivity index (χ0v) is 26.5. The van der Waals surface area contributed by atoms with Crippen molar-refractivity contribution in [2.24, 2.45) is 0 Å². The van der Waals surface area contributed by atoms with Crippen molar-refractivity contribution in [3.05, 3.63) is 69.7 Å². The Labute approximate surface area is 271 Å². The van der Waals surface area contributed by atoms with Gasteiger partial charge in [-0.1, -0.05) is 43.0 Å². The number of benzene rings is 2. The van der Waals surface area contributed by atoms with E-state index in [1.54, 1.807) is 18.2 Å². The number of hydrogen-bond acceptors (Lipinski definition) is 5. The van der Waals surface area contributed by atoms with Crippen molar-refractivity contribution in [1.82, 2.24) is 9.80 Å². The van der Waals surface area contributed by atoms with E-state index in [0.29, 0.717) is 49.0 Å². The van der Waals surface area contributed by atoms with Crippen LogP contribution in [0.25, 0.3) is 0 Å². The Balaban J connectivity index is 1.54. The van der Waals surface area contributed by atoms with E-state index in [1.165, 1.54) is 38.3 Å². The molecule has 252 valence electrons. The monoisotopic (exact) mass is 670 g/mol. The van der Waals surface area contributed by atoms with Crippen LogP contribution in [0.15, 0.2) is 42.5 Å². The molecule has 0 unspecified atom stereocenters. The fourth-order valence-electron chi connectivity index (χ4n) is 6.88. The molecular weight excluding hydrogens is 630 g/mol. The van der Waals surface area contributed by atoms with Gasteiger partial charge in [-0.15, -0.1) is 0 Å². The van der Waals surface area contributed by atoms with Crippen LogP contribution in [-0.4, -0.2) is 66.3 Å². The molecule has 0 radical (unpaired) electrons. The van der Waals surface area contributed by atoms with Crippen LogP contribution in [0.1, 0.15) is 80.0 Å². The predicted octanol–water partition coefficient (Wildman–Crippen LogP) is 8.61. The number of rotatable bonds is 13. The Hall–Kier alpha value is -2.76. The maximum absolute atomic E-state index is 13.4. The second-order valence-corrected chi connectivity index (χ2v) is 13.1. The quantitative estimate of drug-likeness (QED) is 0.166. The van der Waals surface area contributed by atoms with Crippen molar-refractivity contribution in [3.63, 3.8) is 0 Å². The minimum Gasteiger partial charge on any atom is -0.313 e. The summed E-state index contributed by atoms with van der Waals surface area (Å²) in [5.74, 6) is -0.852. The van der Waals surface area contributed by atoms with Gasteiger partial charge in [0.25, 0.3) is 0 Å². The van der Waals surface area contributed by atoms with Crippen LogP contribution in [0.5, 0.6) is 0 Å². The number of ketones is 1. The maximum atomic E-state index is 13.4. The largest absolute Gasteiger partial charge is 0.416 e. The lowest BCUT2D eigenvalue weighted by Gasteiger charge is -2.42. The molecule has 2 N–H and O–H groups in total. The lowest BCUT2D eigenvalue weighted by atomic mass is 9.69. The third-order valence-corrected chi connectivity index (χ3v) is 9.71. The molecule has 46 heavy (non-hydrogen) atoms. The lowest BCUT2D eigenvalue weighted by Crippen LogP contribution is -2.51. The first-order chi connectivity index (χ1) is 21.7. The minimum atomic E-state index is -5.04. The summed E-state index contributed by atoms with van der Waals surface area (Å²) in [5, 5.41) is 16.9. The Morgan fingerprint density at radius 1 is 0.870 bits per heavy atom. The predicted molar refractivity (Wildman–Crippen MR) is 168 cm³/mol. The van der Waals surface area contributed by atoms with Gasteiger partial charge in [-0.3, -0.25) is 9.69 Å². The molecule has 2 aromatic rings. The van der Waals surface area contributed by atoms with Gasteiger partial charge in [-0.2, -0.15) is 26.3 Å². The minimum absolute atomic E-state index is 0.0236. The fraction of sp³-hybridized carbons (Fsp3) is 0.559. The second kappa shape index (κ2) is 15.4. The molecular formula is C34H41ClF6N4O. The smallest absolute Gasteiger partial charge is 0.313 e. The molecule has 4 rings (SSSR count). The molecule has 12 heteroatoms. The molecule has 2 aliphatic rings. The highest BCUT2D eigenvalue weighted by atomic mass is 35.5. The molecule has 0 aromatic heterocycles. The van der Waals surface area contributed by atoms with E-state index >= 15 is 0 Å². The summed E-state index contributed by atoms with van der Waals surface area (Å²) in [6.07, 6.45) is -2.09. The number of hydrogen-bond donors (Lipinski definition) is 2. The van der Waals surface area contributed by atoms with Gasteiger partial charge < -0.3 is 15.7 Å². The Morgan fingerprint density at radius 2 is 1.50 bits per heavy atom. The van der Waals surface area contributed by atoms with E-state index in [2.05, 4.69) is 9.80 Å². The molecule has 1 aliphatic carbocycles. The van der Waals surface area contributed by atoms with E-state index in [9.17, 15) is 31.1 Å². The fourth-order valence-corrected chi connectivity index (χ4v) is 7.07. The first-order valence-electron chi connectivity index (χ1n) is 15.8. The Bertz CT molecular complexity index is 1330. The Kier molecular flexibility index (Phi) is 12.1. The van der Waals surface area contributed by atoms with Crippen LogP contribution < -0.4 is 0 Å². The second-order valence-electron chi connectivity index (χ2n) is 12.6. The zero-order valence-electron chi connectivity index (χ0n) is 25.8. The molecule has 1 saturated heterocycles. The van der Waals surface area contributed by atoms with Gasteiger partial charge in [0.15, 0.2) is 5.78 Å². The number of Topliss-reactive ketones (excluding diaryl/α,β-unsaturated/α-hetero) is 1. The molecule has 1 saturated carbocycles. The van der Waals surface area contributed by atoms with Crippen LogP contribution in [0.4, 0.5) is 26.3 Å². The number of nitrogens with one attached hydrogen (secondary N) is 2. The third kappa shape index (κ3) is 9.64. The molecule has 2 aromatic carbocycles. The number of piperazine rings is 1. The number of carbonyl (C=O) groups excluding carboxylic acids is 1. The van der Waals surface area contributed by atoms with Crippen molar-refractivity contribution in [2.45, 2.75) is 88.0 Å². The molecule has 0 bridgehead atoms. The van der Waals surface area contributed by atoms with E-state index in [0.717, 1.165) is 31.7 Å². The standard InChI is InChI=1S/C34H41ClF6N4O/c35-28-7-4-6-25(22-28)32(10-5-12-42,11-13-44-14-16-45(17-15-44)29-8-2-1-3-9-29)23-30(43)31(46)20-24-18-26(33(36,37)38)21-27(19-24)34(39,40)41/h4,6-7,12,18-19,21-22,29,42-43H,1-3,5,8-11,13-17,20,23H2/t32-/m0/s1. The molecule has 1 atom stereocenters. The van der Waals surface area contributed by atoms with Crippen LogP contribution in [0.3, 0.4) is 0 Å². The van der Waals surface area contributed by atoms with E-state index in [-0.39, 0.29) is 12.5 Å². The molecule has 0 spiro atoms. The van der Waals surface area contributed by atoms with Gasteiger partial charge >= 0.3 is 12.4 Å². The highest BCUT2D eigenvalue weighted by molar-refractivity contribution is 6.39. The van der Waals surface area contributed by atoms with Crippen molar-refractivity contribution < 1.29 is 31.1 Å². The summed E-state index contributed by atoms with van der Waals surface area (Å²) in [6, 6.07) is 8.83. The number of halogens is 7. The lowest BCUT2D eigenvalue weighted by molar-refractivity contribution is -0.143. The molecule has 5 nitrogen and oxygen atoms in total. The highest BCUT2D eigenvalue weighted by Crippen LogP contribution is 2.40. The summed E-state index contributed by atoms with van der Waals surface area (Å²) in [7, 11) is 0.